The zero-order valence-corrected chi connectivity index (χ0v) is 16.4. The third-order valence-corrected chi connectivity index (χ3v) is 5.48. The molecule has 0 saturated heterocycles. The van der Waals surface area contributed by atoms with Crippen molar-refractivity contribution in [2.24, 2.45) is 0 Å². The summed E-state index contributed by atoms with van der Waals surface area (Å²) in [7, 11) is 0. The van der Waals surface area contributed by atoms with Crippen molar-refractivity contribution in [3.8, 4) is 11.5 Å². The number of aliphatic hydroxyl groups is 1. The zero-order chi connectivity index (χ0) is 20.4. The van der Waals surface area contributed by atoms with Crippen molar-refractivity contribution < 1.29 is 27.9 Å². The summed E-state index contributed by atoms with van der Waals surface area (Å²) in [4.78, 5) is 2.14. The molecule has 0 radical (unpaired) electrons. The highest BCUT2D eigenvalue weighted by molar-refractivity contribution is 5.96. The van der Waals surface area contributed by atoms with Crippen LogP contribution in [-0.2, 0) is 5.72 Å². The molecule has 0 unspecified atom stereocenters. The molecule has 154 valence electrons. The Labute approximate surface area is 168 Å². The lowest BCUT2D eigenvalue weighted by Crippen LogP contribution is -2.41. The highest BCUT2D eigenvalue weighted by atomic mass is 19.3. The Bertz CT molecular complexity index is 884. The Hall–Kier alpha value is -2.67. The summed E-state index contributed by atoms with van der Waals surface area (Å²) in [6.45, 7) is 0.800. The van der Waals surface area contributed by atoms with Crippen LogP contribution >= 0.6 is 0 Å². The molecule has 2 aromatic carbocycles. The average molecular weight is 403 g/mol. The summed E-state index contributed by atoms with van der Waals surface area (Å²) < 4.78 is 36.9. The van der Waals surface area contributed by atoms with Gasteiger partial charge in [-0.3, -0.25) is 0 Å². The molecule has 2 aliphatic heterocycles. The van der Waals surface area contributed by atoms with Gasteiger partial charge in [0.05, 0.1) is 13.2 Å². The third-order valence-electron chi connectivity index (χ3n) is 5.48. The van der Waals surface area contributed by atoms with Gasteiger partial charge in [-0.25, -0.2) is 9.48 Å². The predicted molar refractivity (Wildman–Crippen MR) is 106 cm³/mol. The monoisotopic (exact) mass is 403 g/mol. The number of alkyl halides is 2. The smallest absolute Gasteiger partial charge is 0.387 e. The molecule has 4 rings (SSSR count). The number of hydrogen-bond donors (Lipinski definition) is 1. The van der Waals surface area contributed by atoms with Crippen molar-refractivity contribution in [1.82, 2.24) is 0 Å². The fraction of sp³-hybridized carbons (Fsp3) is 0.409. The molecule has 0 saturated carbocycles. The maximum Gasteiger partial charge on any atom is 0.387 e. The lowest BCUT2D eigenvalue weighted by molar-refractivity contribution is -0.661. The van der Waals surface area contributed by atoms with Gasteiger partial charge in [0.15, 0.2) is 6.54 Å². The van der Waals surface area contributed by atoms with Gasteiger partial charge in [-0.2, -0.15) is 8.78 Å². The van der Waals surface area contributed by atoms with E-state index in [1.165, 1.54) is 12.1 Å². The Morgan fingerprint density at radius 1 is 1.07 bits per heavy atom. The fourth-order valence-corrected chi connectivity index (χ4v) is 4.17. The predicted octanol–water partition coefficient (Wildman–Crippen LogP) is 3.95. The Morgan fingerprint density at radius 2 is 1.76 bits per heavy atom. The van der Waals surface area contributed by atoms with E-state index >= 15 is 0 Å². The molecule has 7 heteroatoms. The van der Waals surface area contributed by atoms with Gasteiger partial charge >= 0.3 is 6.61 Å². The molecular formula is C22H25F2N2O3+. The van der Waals surface area contributed by atoms with Crippen LogP contribution in [0.15, 0.2) is 48.5 Å². The number of benzene rings is 2. The van der Waals surface area contributed by atoms with E-state index in [1.54, 1.807) is 12.1 Å². The van der Waals surface area contributed by atoms with Gasteiger partial charge in [0.25, 0.3) is 11.6 Å². The van der Waals surface area contributed by atoms with E-state index in [4.69, 9.17) is 4.74 Å². The van der Waals surface area contributed by atoms with Gasteiger partial charge in [0, 0.05) is 12.0 Å². The van der Waals surface area contributed by atoms with Gasteiger partial charge < -0.3 is 14.6 Å². The largest absolute Gasteiger partial charge is 0.494 e. The second kappa shape index (κ2) is 7.99. The average Bonchev–Trinajstić information content (AvgIpc) is 3.03. The Kier molecular flexibility index (Phi) is 5.41. The minimum absolute atomic E-state index is 0.0802. The molecular weight excluding hydrogens is 378 g/mol. The van der Waals surface area contributed by atoms with E-state index in [-0.39, 0.29) is 5.75 Å². The van der Waals surface area contributed by atoms with E-state index in [2.05, 4.69) is 9.64 Å². The van der Waals surface area contributed by atoms with Crippen LogP contribution in [0.25, 0.3) is 0 Å². The Morgan fingerprint density at radius 3 is 2.41 bits per heavy atom. The molecule has 2 aromatic rings. The van der Waals surface area contributed by atoms with Crippen LogP contribution in [0.2, 0.25) is 0 Å². The molecule has 0 amide bonds. The summed E-state index contributed by atoms with van der Waals surface area (Å²) in [5, 5.41) is 11.7. The molecule has 2 aliphatic rings. The summed E-state index contributed by atoms with van der Waals surface area (Å²) >= 11 is 0. The maximum atomic E-state index is 12.4. The highest BCUT2D eigenvalue weighted by Gasteiger charge is 2.52. The summed E-state index contributed by atoms with van der Waals surface area (Å²) in [5.41, 5.74) is 0.424. The van der Waals surface area contributed by atoms with E-state index in [0.29, 0.717) is 18.7 Å². The van der Waals surface area contributed by atoms with Gasteiger partial charge in [-0.05, 0) is 68.3 Å². The second-order valence-electron chi connectivity index (χ2n) is 7.26. The molecule has 29 heavy (non-hydrogen) atoms. The molecule has 0 aromatic heterocycles. The standard InChI is InChI=1S/C22H25F2N2O3/c1-2-28-18-12-8-17(9-13-18)25-15-22(27,26-14-4-3-5-20(25)26)16-6-10-19(11-7-16)29-21(23)24/h6-13,21,27H,2-5,14-15H2,1H3/q+1/t22-/m1/s1. The van der Waals surface area contributed by atoms with Crippen LogP contribution in [-0.4, -0.2) is 41.8 Å². The number of hydrogen-bond acceptors (Lipinski definition) is 4. The molecule has 0 spiro atoms. The first kappa shape index (κ1) is 19.6. The first-order valence-corrected chi connectivity index (χ1v) is 9.93. The normalized spacial score (nSPS) is 21.5. The second-order valence-corrected chi connectivity index (χ2v) is 7.26. The number of halogens is 2. The third kappa shape index (κ3) is 3.79. The van der Waals surface area contributed by atoms with Crippen LogP contribution in [0.1, 0.15) is 31.7 Å². The van der Waals surface area contributed by atoms with Crippen molar-refractivity contribution in [1.29, 1.82) is 0 Å². The van der Waals surface area contributed by atoms with E-state index < -0.39 is 12.3 Å². The van der Waals surface area contributed by atoms with Crippen molar-refractivity contribution in [2.45, 2.75) is 38.5 Å². The topological polar surface area (TPSA) is 44.9 Å². The Balaban J connectivity index is 1.65. The number of rotatable bonds is 6. The minimum atomic E-state index is -2.87. The molecule has 1 N–H and O–H groups in total. The van der Waals surface area contributed by atoms with Crippen LogP contribution in [0.4, 0.5) is 14.5 Å². The van der Waals surface area contributed by atoms with Crippen LogP contribution < -0.4 is 14.4 Å². The molecule has 0 bridgehead atoms. The number of β-amino-alcohol motifs (C(OH)–C–C–N with tert-alkyl or cyclic N) is 1. The van der Waals surface area contributed by atoms with Crippen molar-refractivity contribution in [2.75, 3.05) is 24.6 Å². The number of nitrogens with zero attached hydrogens (tertiary/aromatic N) is 2. The minimum Gasteiger partial charge on any atom is -0.494 e. The van der Waals surface area contributed by atoms with E-state index in [1.807, 2.05) is 35.8 Å². The maximum absolute atomic E-state index is 12.4. The van der Waals surface area contributed by atoms with Gasteiger partial charge in [-0.15, -0.1) is 0 Å². The van der Waals surface area contributed by atoms with Gasteiger partial charge in [0.2, 0.25) is 0 Å². The van der Waals surface area contributed by atoms with Crippen LogP contribution in [0, 0.1) is 0 Å². The summed E-state index contributed by atoms with van der Waals surface area (Å²) in [6.07, 6.45) is 2.94. The van der Waals surface area contributed by atoms with Crippen molar-refractivity contribution in [3.63, 3.8) is 0 Å². The number of ether oxygens (including phenoxy) is 2. The fourth-order valence-electron chi connectivity index (χ4n) is 4.17. The molecule has 0 aliphatic carbocycles. The highest BCUT2D eigenvalue weighted by Crippen LogP contribution is 2.36. The van der Waals surface area contributed by atoms with Crippen molar-refractivity contribution >= 4 is 11.5 Å². The van der Waals surface area contributed by atoms with Crippen LogP contribution in [0.3, 0.4) is 0 Å². The molecule has 2 heterocycles. The molecule has 0 fully saturated rings. The summed E-state index contributed by atoms with van der Waals surface area (Å²) in [5.74, 6) is 1.97. The summed E-state index contributed by atoms with van der Waals surface area (Å²) in [6, 6.07) is 14.1. The lowest BCUT2D eigenvalue weighted by atomic mass is 10.0. The SMILES string of the molecule is CCOc1ccc(N2C[C@@](O)(c3ccc(OC(F)F)cc3)[N+]3=C2CCCC3)cc1. The van der Waals surface area contributed by atoms with E-state index in [9.17, 15) is 13.9 Å². The number of amidine groups is 1. The van der Waals surface area contributed by atoms with Crippen LogP contribution in [0.5, 0.6) is 11.5 Å². The lowest BCUT2D eigenvalue weighted by Gasteiger charge is -2.24. The van der Waals surface area contributed by atoms with Gasteiger partial charge in [0.1, 0.15) is 17.2 Å². The van der Waals surface area contributed by atoms with Crippen molar-refractivity contribution in [3.05, 3.63) is 54.1 Å². The zero-order valence-electron chi connectivity index (χ0n) is 16.4. The van der Waals surface area contributed by atoms with Gasteiger partial charge in [-0.1, -0.05) is 0 Å². The molecule has 1 atom stereocenters. The molecule has 5 nitrogen and oxygen atoms in total. The van der Waals surface area contributed by atoms with E-state index in [0.717, 1.165) is 43.1 Å². The quantitative estimate of drug-likeness (QED) is 0.742. The number of anilines is 1. The first-order chi connectivity index (χ1) is 14.0. The first-order valence-electron chi connectivity index (χ1n) is 9.93.